The molecule has 1 N–H and O–H groups in total. The fourth-order valence-corrected chi connectivity index (χ4v) is 0.708. The third kappa shape index (κ3) is 7.27. The Labute approximate surface area is 77.4 Å². The molecule has 0 spiro atoms. The molecule has 5 nitrogen and oxygen atoms in total. The van der Waals surface area contributed by atoms with Crippen molar-refractivity contribution in [1.82, 2.24) is 5.32 Å². The Kier molecular flexibility index (Phi) is 6.91. The van der Waals surface area contributed by atoms with Gasteiger partial charge in [0.2, 0.25) is 5.91 Å². The molecule has 0 unspecified atom stereocenters. The van der Waals surface area contributed by atoms with E-state index in [1.165, 1.54) is 7.11 Å². The average Bonchev–Trinajstić information content (AvgIpc) is 2.14. The number of hydrogen-bond acceptors (Lipinski definition) is 4. The minimum atomic E-state index is -0.444. The lowest BCUT2D eigenvalue weighted by Crippen LogP contribution is -2.30. The molecule has 0 rings (SSSR count). The highest BCUT2D eigenvalue weighted by molar-refractivity contribution is 5.81. The summed E-state index contributed by atoms with van der Waals surface area (Å²) in [6.07, 6.45) is 1.02. The van der Waals surface area contributed by atoms with Crippen molar-refractivity contribution in [3.63, 3.8) is 0 Å². The van der Waals surface area contributed by atoms with E-state index < -0.39 is 5.97 Å². The number of esters is 1. The van der Waals surface area contributed by atoms with Crippen LogP contribution in [0.3, 0.4) is 0 Å². The van der Waals surface area contributed by atoms with Gasteiger partial charge < -0.3 is 14.8 Å². The quantitative estimate of drug-likeness (QED) is 0.460. The number of ether oxygens (including phenoxy) is 2. The van der Waals surface area contributed by atoms with Crippen LogP contribution in [0.1, 0.15) is 12.8 Å². The number of carbonyl (C=O) groups is 2. The topological polar surface area (TPSA) is 64.6 Å². The molecule has 0 atom stereocenters. The Morgan fingerprint density at radius 3 is 2.54 bits per heavy atom. The van der Waals surface area contributed by atoms with Gasteiger partial charge in [-0.1, -0.05) is 0 Å². The highest BCUT2D eigenvalue weighted by Gasteiger charge is 2.03. The summed E-state index contributed by atoms with van der Waals surface area (Å²) in [5.41, 5.74) is 0. The molecule has 0 aromatic rings. The standard InChI is InChI=1S/C8H15NO4/c1-12-5-3-4-7(10)9-6-8(11)13-2/h3-6H2,1-2H3,(H,9,10). The lowest BCUT2D eigenvalue weighted by atomic mass is 10.3. The molecule has 0 radical (unpaired) electrons. The van der Waals surface area contributed by atoms with Crippen molar-refractivity contribution in [1.29, 1.82) is 0 Å². The molecule has 0 saturated heterocycles. The maximum atomic E-state index is 11.0. The van der Waals surface area contributed by atoms with Crippen LogP contribution < -0.4 is 5.32 Å². The molecule has 0 aliphatic heterocycles. The summed E-state index contributed by atoms with van der Waals surface area (Å²) in [6.45, 7) is 0.480. The van der Waals surface area contributed by atoms with Crippen LogP contribution in [0.2, 0.25) is 0 Å². The minimum Gasteiger partial charge on any atom is -0.468 e. The van der Waals surface area contributed by atoms with E-state index in [0.717, 1.165) is 0 Å². The molecule has 0 aromatic carbocycles. The van der Waals surface area contributed by atoms with Gasteiger partial charge in [0.25, 0.3) is 0 Å². The number of amides is 1. The molecular weight excluding hydrogens is 174 g/mol. The number of nitrogens with one attached hydrogen (secondary N) is 1. The predicted molar refractivity (Wildman–Crippen MR) is 46.1 cm³/mol. The third-order valence-corrected chi connectivity index (χ3v) is 1.41. The Morgan fingerprint density at radius 2 is 2.00 bits per heavy atom. The maximum Gasteiger partial charge on any atom is 0.325 e. The van der Waals surface area contributed by atoms with Crippen LogP contribution in [0.5, 0.6) is 0 Å². The van der Waals surface area contributed by atoms with Gasteiger partial charge in [-0.15, -0.1) is 0 Å². The summed E-state index contributed by atoms with van der Waals surface area (Å²) in [7, 11) is 2.85. The molecule has 0 saturated carbocycles. The maximum absolute atomic E-state index is 11.0. The fourth-order valence-electron chi connectivity index (χ4n) is 0.708. The second-order valence-electron chi connectivity index (χ2n) is 2.45. The molecule has 76 valence electrons. The van der Waals surface area contributed by atoms with E-state index in [0.29, 0.717) is 19.4 Å². The average molecular weight is 189 g/mol. The van der Waals surface area contributed by atoms with Crippen molar-refractivity contribution in [3.05, 3.63) is 0 Å². The second-order valence-corrected chi connectivity index (χ2v) is 2.45. The van der Waals surface area contributed by atoms with Crippen LogP contribution in [0.25, 0.3) is 0 Å². The number of hydrogen-bond donors (Lipinski definition) is 1. The number of rotatable bonds is 6. The predicted octanol–water partition coefficient (Wildman–Crippen LogP) is -0.298. The van der Waals surface area contributed by atoms with E-state index in [9.17, 15) is 9.59 Å². The third-order valence-electron chi connectivity index (χ3n) is 1.41. The second kappa shape index (κ2) is 7.54. The molecular formula is C8H15NO4. The first-order valence-corrected chi connectivity index (χ1v) is 4.03. The first kappa shape index (κ1) is 11.9. The molecule has 0 aliphatic carbocycles. The Hall–Kier alpha value is -1.10. The van der Waals surface area contributed by atoms with Gasteiger partial charge in [0.05, 0.1) is 7.11 Å². The first-order valence-electron chi connectivity index (χ1n) is 4.03. The van der Waals surface area contributed by atoms with Gasteiger partial charge >= 0.3 is 5.97 Å². The zero-order valence-corrected chi connectivity index (χ0v) is 7.96. The zero-order valence-electron chi connectivity index (χ0n) is 7.96. The van der Waals surface area contributed by atoms with Crippen LogP contribution in [0.15, 0.2) is 0 Å². The summed E-state index contributed by atoms with van der Waals surface area (Å²) in [4.78, 5) is 21.5. The van der Waals surface area contributed by atoms with Gasteiger partial charge in [-0.2, -0.15) is 0 Å². The van der Waals surface area contributed by atoms with E-state index in [1.807, 2.05) is 0 Å². The van der Waals surface area contributed by atoms with E-state index in [-0.39, 0.29) is 12.5 Å². The van der Waals surface area contributed by atoms with Crippen molar-refractivity contribution < 1.29 is 19.1 Å². The van der Waals surface area contributed by atoms with E-state index in [4.69, 9.17) is 4.74 Å². The van der Waals surface area contributed by atoms with Gasteiger partial charge in [-0.25, -0.2) is 0 Å². The van der Waals surface area contributed by atoms with Crippen molar-refractivity contribution in [2.24, 2.45) is 0 Å². The normalized spacial score (nSPS) is 9.38. The molecule has 1 amide bonds. The number of carbonyl (C=O) groups excluding carboxylic acids is 2. The van der Waals surface area contributed by atoms with Gasteiger partial charge in [-0.05, 0) is 6.42 Å². The summed E-state index contributed by atoms with van der Waals surface area (Å²) in [5.74, 6) is -0.609. The van der Waals surface area contributed by atoms with Crippen LogP contribution in [-0.4, -0.2) is 39.2 Å². The lowest BCUT2D eigenvalue weighted by Gasteiger charge is -2.02. The molecule has 0 bridgehead atoms. The van der Waals surface area contributed by atoms with Crippen molar-refractivity contribution >= 4 is 11.9 Å². The van der Waals surface area contributed by atoms with Gasteiger partial charge in [0, 0.05) is 20.1 Å². The van der Waals surface area contributed by atoms with Gasteiger partial charge in [0.15, 0.2) is 0 Å². The van der Waals surface area contributed by atoms with Crippen LogP contribution >= 0.6 is 0 Å². The van der Waals surface area contributed by atoms with E-state index in [2.05, 4.69) is 10.1 Å². The van der Waals surface area contributed by atoms with Gasteiger partial charge in [-0.3, -0.25) is 9.59 Å². The lowest BCUT2D eigenvalue weighted by molar-refractivity contribution is -0.141. The Bertz CT molecular complexity index is 170. The van der Waals surface area contributed by atoms with Crippen molar-refractivity contribution in [3.8, 4) is 0 Å². The zero-order chi connectivity index (χ0) is 10.1. The van der Waals surface area contributed by atoms with Crippen LogP contribution in [-0.2, 0) is 19.1 Å². The highest BCUT2D eigenvalue weighted by Crippen LogP contribution is 1.88. The van der Waals surface area contributed by atoms with E-state index >= 15 is 0 Å². The van der Waals surface area contributed by atoms with Crippen molar-refractivity contribution in [2.75, 3.05) is 27.4 Å². The minimum absolute atomic E-state index is 0.0671. The summed E-state index contributed by atoms with van der Waals surface area (Å²) >= 11 is 0. The van der Waals surface area contributed by atoms with Gasteiger partial charge in [0.1, 0.15) is 6.54 Å². The highest BCUT2D eigenvalue weighted by atomic mass is 16.5. The van der Waals surface area contributed by atoms with Crippen LogP contribution in [0.4, 0.5) is 0 Å². The fraction of sp³-hybridized carbons (Fsp3) is 0.750. The summed E-state index contributed by atoms with van der Waals surface area (Å²) in [5, 5.41) is 2.42. The molecule has 0 aliphatic rings. The Morgan fingerprint density at radius 1 is 1.31 bits per heavy atom. The summed E-state index contributed by atoms with van der Waals surface area (Å²) < 4.78 is 9.12. The van der Waals surface area contributed by atoms with Crippen LogP contribution in [0, 0.1) is 0 Å². The smallest absolute Gasteiger partial charge is 0.325 e. The first-order chi connectivity index (χ1) is 6.20. The number of methoxy groups -OCH3 is 2. The molecule has 0 aromatic heterocycles. The van der Waals surface area contributed by atoms with Crippen molar-refractivity contribution in [2.45, 2.75) is 12.8 Å². The Balaban J connectivity index is 3.35. The SMILES string of the molecule is COCCCC(=O)NCC(=O)OC. The monoisotopic (exact) mass is 189 g/mol. The molecule has 0 heterocycles. The van der Waals surface area contributed by atoms with E-state index in [1.54, 1.807) is 7.11 Å². The molecule has 5 heteroatoms. The molecule has 13 heavy (non-hydrogen) atoms. The molecule has 0 fully saturated rings. The summed E-state index contributed by atoms with van der Waals surface area (Å²) in [6, 6.07) is 0. The largest absolute Gasteiger partial charge is 0.468 e.